The van der Waals surface area contributed by atoms with Crippen molar-refractivity contribution in [1.82, 2.24) is 20.2 Å². The lowest BCUT2D eigenvalue weighted by Crippen LogP contribution is -2.11. The Labute approximate surface area is 87.4 Å². The Morgan fingerprint density at radius 2 is 2.43 bits per heavy atom. The summed E-state index contributed by atoms with van der Waals surface area (Å²) in [5.74, 6) is 1.62. The Hall–Kier alpha value is -0.780. The number of anilines is 1. The number of rotatable bonds is 3. The van der Waals surface area contributed by atoms with E-state index in [2.05, 4.69) is 22.4 Å². The maximum Gasteiger partial charge on any atom is 0.240 e. The van der Waals surface area contributed by atoms with Gasteiger partial charge < -0.3 is 5.73 Å². The van der Waals surface area contributed by atoms with Gasteiger partial charge in [-0.3, -0.25) is 0 Å². The summed E-state index contributed by atoms with van der Waals surface area (Å²) < 4.78 is 1.76. The van der Waals surface area contributed by atoms with Crippen molar-refractivity contribution >= 4 is 17.7 Å². The third kappa shape index (κ3) is 1.84. The van der Waals surface area contributed by atoms with Crippen LogP contribution in [0, 0.1) is 0 Å². The molecule has 5 nitrogen and oxygen atoms in total. The standard InChI is InChI=1S/C8H15N5S/c1-2-14-7-4-3-6(5-7)13-8(9)10-11-12-13/h6-7H,2-5H2,1H3,(H2,9,10,12). The summed E-state index contributed by atoms with van der Waals surface area (Å²) in [6, 6.07) is 0.411. The number of nitrogens with two attached hydrogens (primary N) is 1. The van der Waals surface area contributed by atoms with Crippen LogP contribution in [0.1, 0.15) is 32.2 Å². The van der Waals surface area contributed by atoms with Gasteiger partial charge >= 0.3 is 0 Å². The summed E-state index contributed by atoms with van der Waals surface area (Å²) in [5, 5.41) is 11.9. The molecule has 2 unspecified atom stereocenters. The van der Waals surface area contributed by atoms with Crippen LogP contribution in [0.2, 0.25) is 0 Å². The molecule has 1 aliphatic carbocycles. The van der Waals surface area contributed by atoms with Crippen LogP contribution in [0.15, 0.2) is 0 Å². The molecule has 0 spiro atoms. The zero-order chi connectivity index (χ0) is 9.97. The van der Waals surface area contributed by atoms with E-state index in [1.54, 1.807) is 4.68 Å². The number of nitrogen functional groups attached to an aromatic ring is 1. The predicted molar refractivity (Wildman–Crippen MR) is 57.0 cm³/mol. The highest BCUT2D eigenvalue weighted by Crippen LogP contribution is 2.36. The molecule has 0 aliphatic heterocycles. The molecular weight excluding hydrogens is 198 g/mol. The summed E-state index contributed by atoms with van der Waals surface area (Å²) in [6.45, 7) is 2.20. The molecule has 1 fully saturated rings. The van der Waals surface area contributed by atoms with Crippen LogP contribution < -0.4 is 5.73 Å². The maximum absolute atomic E-state index is 5.66. The van der Waals surface area contributed by atoms with Gasteiger partial charge in [-0.2, -0.15) is 11.8 Å². The molecular formula is C8H15N5S. The van der Waals surface area contributed by atoms with Gasteiger partial charge in [0.25, 0.3) is 0 Å². The molecule has 78 valence electrons. The molecule has 1 heterocycles. The largest absolute Gasteiger partial charge is 0.367 e. The minimum absolute atomic E-state index is 0.411. The molecule has 14 heavy (non-hydrogen) atoms. The molecule has 1 aromatic rings. The van der Waals surface area contributed by atoms with Crippen LogP contribution in [-0.2, 0) is 0 Å². The van der Waals surface area contributed by atoms with Crippen molar-refractivity contribution in [2.45, 2.75) is 37.5 Å². The van der Waals surface area contributed by atoms with Crippen molar-refractivity contribution in [3.05, 3.63) is 0 Å². The molecule has 0 bridgehead atoms. The second-order valence-corrected chi connectivity index (χ2v) is 5.10. The van der Waals surface area contributed by atoms with Gasteiger partial charge in [-0.05, 0) is 35.4 Å². The fourth-order valence-electron chi connectivity index (χ4n) is 1.99. The zero-order valence-electron chi connectivity index (χ0n) is 8.26. The van der Waals surface area contributed by atoms with Crippen LogP contribution in [0.4, 0.5) is 5.95 Å². The van der Waals surface area contributed by atoms with Gasteiger partial charge in [0.2, 0.25) is 5.95 Å². The molecule has 0 amide bonds. The molecule has 0 aromatic carbocycles. The summed E-state index contributed by atoms with van der Waals surface area (Å²) in [6.07, 6.45) is 3.54. The topological polar surface area (TPSA) is 69.6 Å². The Kier molecular flexibility index (Phi) is 2.90. The van der Waals surface area contributed by atoms with E-state index in [4.69, 9.17) is 5.73 Å². The molecule has 2 atom stereocenters. The summed E-state index contributed by atoms with van der Waals surface area (Å²) in [5.41, 5.74) is 5.66. The van der Waals surface area contributed by atoms with E-state index in [0.29, 0.717) is 12.0 Å². The van der Waals surface area contributed by atoms with Gasteiger partial charge in [-0.25, -0.2) is 4.68 Å². The van der Waals surface area contributed by atoms with E-state index in [-0.39, 0.29) is 0 Å². The van der Waals surface area contributed by atoms with Crippen molar-refractivity contribution in [3.63, 3.8) is 0 Å². The van der Waals surface area contributed by atoms with E-state index in [0.717, 1.165) is 18.1 Å². The summed E-state index contributed by atoms with van der Waals surface area (Å²) >= 11 is 2.02. The summed E-state index contributed by atoms with van der Waals surface area (Å²) in [4.78, 5) is 0. The van der Waals surface area contributed by atoms with Crippen LogP contribution >= 0.6 is 11.8 Å². The Morgan fingerprint density at radius 3 is 3.07 bits per heavy atom. The zero-order valence-corrected chi connectivity index (χ0v) is 9.07. The van der Waals surface area contributed by atoms with Gasteiger partial charge in [-0.15, -0.1) is 0 Å². The quantitative estimate of drug-likeness (QED) is 0.814. The minimum atomic E-state index is 0.411. The first kappa shape index (κ1) is 9.76. The van der Waals surface area contributed by atoms with E-state index in [9.17, 15) is 0 Å². The number of aromatic nitrogens is 4. The highest BCUT2D eigenvalue weighted by molar-refractivity contribution is 7.99. The lowest BCUT2D eigenvalue weighted by atomic mass is 10.3. The lowest BCUT2D eigenvalue weighted by molar-refractivity contribution is 0.461. The maximum atomic E-state index is 5.66. The molecule has 0 saturated heterocycles. The molecule has 6 heteroatoms. The Morgan fingerprint density at radius 1 is 1.57 bits per heavy atom. The highest BCUT2D eigenvalue weighted by Gasteiger charge is 2.27. The second-order valence-electron chi connectivity index (χ2n) is 3.53. The number of thioether (sulfide) groups is 1. The first-order valence-corrected chi connectivity index (χ1v) is 6.01. The van der Waals surface area contributed by atoms with Gasteiger partial charge in [0.1, 0.15) is 0 Å². The fraction of sp³-hybridized carbons (Fsp3) is 0.875. The summed E-state index contributed by atoms with van der Waals surface area (Å²) in [7, 11) is 0. The van der Waals surface area contributed by atoms with Crippen molar-refractivity contribution in [2.75, 3.05) is 11.5 Å². The van der Waals surface area contributed by atoms with Crippen molar-refractivity contribution in [3.8, 4) is 0 Å². The van der Waals surface area contributed by atoms with Gasteiger partial charge in [0.05, 0.1) is 6.04 Å². The second kappa shape index (κ2) is 4.16. The monoisotopic (exact) mass is 213 g/mol. The minimum Gasteiger partial charge on any atom is -0.367 e. The Bertz CT molecular complexity index is 300. The average Bonchev–Trinajstić information content (AvgIpc) is 2.74. The normalized spacial score (nSPS) is 26.9. The van der Waals surface area contributed by atoms with E-state index >= 15 is 0 Å². The molecule has 0 radical (unpaired) electrons. The van der Waals surface area contributed by atoms with Crippen LogP contribution in [0.3, 0.4) is 0 Å². The highest BCUT2D eigenvalue weighted by atomic mass is 32.2. The molecule has 1 saturated carbocycles. The van der Waals surface area contributed by atoms with Crippen LogP contribution in [0.25, 0.3) is 0 Å². The van der Waals surface area contributed by atoms with Gasteiger partial charge in [0.15, 0.2) is 0 Å². The number of hydrogen-bond donors (Lipinski definition) is 1. The van der Waals surface area contributed by atoms with Gasteiger partial charge in [-0.1, -0.05) is 12.0 Å². The first-order valence-electron chi connectivity index (χ1n) is 4.96. The SMILES string of the molecule is CCSC1CCC(n2nnnc2N)C1. The smallest absolute Gasteiger partial charge is 0.240 e. The predicted octanol–water partition coefficient (Wildman–Crippen LogP) is 1.10. The van der Waals surface area contributed by atoms with E-state index in [1.807, 2.05) is 11.8 Å². The number of tetrazole rings is 1. The molecule has 1 aromatic heterocycles. The van der Waals surface area contributed by atoms with E-state index in [1.165, 1.54) is 12.2 Å². The molecule has 1 aliphatic rings. The average molecular weight is 213 g/mol. The van der Waals surface area contributed by atoms with Crippen LogP contribution in [-0.4, -0.2) is 31.2 Å². The van der Waals surface area contributed by atoms with Crippen molar-refractivity contribution < 1.29 is 0 Å². The molecule has 2 rings (SSSR count). The molecule has 2 N–H and O–H groups in total. The Balaban J connectivity index is 1.99. The first-order chi connectivity index (χ1) is 6.81. The van der Waals surface area contributed by atoms with Crippen molar-refractivity contribution in [2.24, 2.45) is 0 Å². The third-order valence-corrected chi connectivity index (χ3v) is 3.86. The number of hydrogen-bond acceptors (Lipinski definition) is 5. The fourth-order valence-corrected chi connectivity index (χ4v) is 3.12. The van der Waals surface area contributed by atoms with Gasteiger partial charge in [0, 0.05) is 5.25 Å². The third-order valence-electron chi connectivity index (χ3n) is 2.62. The van der Waals surface area contributed by atoms with Crippen LogP contribution in [0.5, 0.6) is 0 Å². The number of nitrogens with zero attached hydrogens (tertiary/aromatic N) is 4. The van der Waals surface area contributed by atoms with E-state index < -0.39 is 0 Å². The lowest BCUT2D eigenvalue weighted by Gasteiger charge is -2.10. The van der Waals surface area contributed by atoms with Crippen molar-refractivity contribution in [1.29, 1.82) is 0 Å².